The minimum absolute atomic E-state index is 0.146. The molecule has 0 spiro atoms. The molecule has 0 fully saturated rings. The van der Waals surface area contributed by atoms with Gasteiger partial charge in [-0.25, -0.2) is 0 Å². The van der Waals surface area contributed by atoms with Crippen molar-refractivity contribution in [3.05, 3.63) is 41.5 Å². The molecule has 0 bridgehead atoms. The van der Waals surface area contributed by atoms with Crippen LogP contribution in [0.4, 0.5) is 0 Å². The lowest BCUT2D eigenvalue weighted by Gasteiger charge is -2.09. The van der Waals surface area contributed by atoms with E-state index in [4.69, 9.17) is 4.74 Å². The fourth-order valence-electron chi connectivity index (χ4n) is 2.91. The molecule has 0 saturated heterocycles. The molecule has 0 radical (unpaired) electrons. The first-order valence-electron chi connectivity index (χ1n) is 8.48. The van der Waals surface area contributed by atoms with Crippen LogP contribution < -0.4 is 4.74 Å². The van der Waals surface area contributed by atoms with Gasteiger partial charge in [-0.2, -0.15) is 5.26 Å². The summed E-state index contributed by atoms with van der Waals surface area (Å²) in [6.07, 6.45) is 6.39. The second kappa shape index (κ2) is 7.31. The van der Waals surface area contributed by atoms with Gasteiger partial charge in [0, 0.05) is 13.0 Å². The Morgan fingerprint density at radius 1 is 1.21 bits per heavy atom. The number of aryl methyl sites for hydroxylation is 1. The molecule has 0 unspecified atom stereocenters. The summed E-state index contributed by atoms with van der Waals surface area (Å²) in [4.78, 5) is 0. The van der Waals surface area contributed by atoms with Crippen molar-refractivity contribution < 1.29 is 4.74 Å². The average molecular weight is 322 g/mol. The summed E-state index contributed by atoms with van der Waals surface area (Å²) in [5, 5.41) is 18.1. The Bertz CT molecular complexity index is 766. The fourth-order valence-corrected chi connectivity index (χ4v) is 2.91. The number of allylic oxidation sites excluding steroid dienone is 1. The van der Waals surface area contributed by atoms with Crippen LogP contribution in [0.3, 0.4) is 0 Å². The first kappa shape index (κ1) is 16.3. The maximum atomic E-state index is 9.58. The predicted molar refractivity (Wildman–Crippen MR) is 93.3 cm³/mol. The third-order valence-corrected chi connectivity index (χ3v) is 4.03. The van der Waals surface area contributed by atoms with Crippen LogP contribution in [-0.4, -0.2) is 20.9 Å². The van der Waals surface area contributed by atoms with E-state index < -0.39 is 0 Å². The normalized spacial score (nSPS) is 14.8. The van der Waals surface area contributed by atoms with E-state index in [1.165, 1.54) is 6.42 Å². The maximum absolute atomic E-state index is 9.58. The zero-order chi connectivity index (χ0) is 16.9. The van der Waals surface area contributed by atoms with Crippen molar-refractivity contribution in [3.8, 4) is 11.8 Å². The molecular weight excluding hydrogens is 300 g/mol. The summed E-state index contributed by atoms with van der Waals surface area (Å²) in [5.74, 6) is 2.50. The minimum atomic E-state index is 0.146. The molecule has 24 heavy (non-hydrogen) atoms. The molecule has 3 rings (SSSR count). The lowest BCUT2D eigenvalue weighted by atomic mass is 10.1. The summed E-state index contributed by atoms with van der Waals surface area (Å²) < 4.78 is 7.74. The van der Waals surface area contributed by atoms with E-state index in [1.54, 1.807) is 0 Å². The largest absolute Gasteiger partial charge is 0.491 e. The molecule has 0 saturated carbocycles. The summed E-state index contributed by atoms with van der Waals surface area (Å²) in [7, 11) is 0. The maximum Gasteiger partial charge on any atom is 0.174 e. The molecule has 0 amide bonds. The molecule has 1 aliphatic rings. The van der Waals surface area contributed by atoms with Crippen LogP contribution in [-0.2, 0) is 13.0 Å². The smallest absolute Gasteiger partial charge is 0.174 e. The van der Waals surface area contributed by atoms with Gasteiger partial charge in [0.25, 0.3) is 0 Å². The number of rotatable bonds is 4. The highest BCUT2D eigenvalue weighted by atomic mass is 16.5. The van der Waals surface area contributed by atoms with Crippen LogP contribution in [0.15, 0.2) is 24.3 Å². The third kappa shape index (κ3) is 3.65. The van der Waals surface area contributed by atoms with Crippen LogP contribution >= 0.6 is 0 Å². The zero-order valence-corrected chi connectivity index (χ0v) is 14.2. The van der Waals surface area contributed by atoms with Crippen molar-refractivity contribution in [3.63, 3.8) is 0 Å². The van der Waals surface area contributed by atoms with E-state index in [0.29, 0.717) is 11.4 Å². The Hall–Kier alpha value is -2.61. The van der Waals surface area contributed by atoms with E-state index >= 15 is 0 Å². The first-order chi connectivity index (χ1) is 11.7. The molecule has 124 valence electrons. The molecule has 1 aliphatic heterocycles. The van der Waals surface area contributed by atoms with Gasteiger partial charge in [0.15, 0.2) is 5.82 Å². The average Bonchev–Trinajstić information content (AvgIpc) is 2.82. The van der Waals surface area contributed by atoms with Crippen molar-refractivity contribution >= 4 is 11.6 Å². The minimum Gasteiger partial charge on any atom is -0.491 e. The zero-order valence-electron chi connectivity index (χ0n) is 14.2. The van der Waals surface area contributed by atoms with Crippen LogP contribution in [0.5, 0.6) is 5.75 Å². The van der Waals surface area contributed by atoms with Crippen LogP contribution in [0.25, 0.3) is 11.6 Å². The van der Waals surface area contributed by atoms with Crippen molar-refractivity contribution in [1.29, 1.82) is 5.26 Å². The number of benzene rings is 1. The Labute approximate surface area is 142 Å². The number of fused-ring (bicyclic) bond motifs is 1. The number of nitriles is 1. The van der Waals surface area contributed by atoms with E-state index in [9.17, 15) is 5.26 Å². The summed E-state index contributed by atoms with van der Waals surface area (Å²) in [6.45, 7) is 4.88. The van der Waals surface area contributed by atoms with Gasteiger partial charge in [0.2, 0.25) is 0 Å². The lowest BCUT2D eigenvalue weighted by molar-refractivity contribution is 0.242. The number of ether oxygens (including phenoxy) is 1. The first-order valence-corrected chi connectivity index (χ1v) is 8.48. The quantitative estimate of drug-likeness (QED) is 0.802. The van der Waals surface area contributed by atoms with E-state index in [0.717, 1.165) is 42.9 Å². The standard InChI is InChI=1S/C19H22N4O/c1-14(2)24-17-9-7-15(8-10-17)12-16(13-20)19-22-21-18-6-4-3-5-11-23(18)19/h7-10,12,14H,3-6,11H2,1-2H3. The second-order valence-corrected chi connectivity index (χ2v) is 6.31. The van der Waals surface area contributed by atoms with Crippen molar-refractivity contribution in [2.45, 2.75) is 52.2 Å². The third-order valence-electron chi connectivity index (χ3n) is 4.03. The lowest BCUT2D eigenvalue weighted by Crippen LogP contribution is -2.05. The second-order valence-electron chi connectivity index (χ2n) is 6.31. The summed E-state index contributed by atoms with van der Waals surface area (Å²) in [5.41, 5.74) is 1.50. The Morgan fingerprint density at radius 2 is 2.00 bits per heavy atom. The molecule has 5 nitrogen and oxygen atoms in total. The van der Waals surface area contributed by atoms with Crippen LogP contribution in [0.1, 0.15) is 50.3 Å². The van der Waals surface area contributed by atoms with E-state index in [-0.39, 0.29) is 6.10 Å². The van der Waals surface area contributed by atoms with E-state index in [1.807, 2.05) is 44.2 Å². The van der Waals surface area contributed by atoms with Gasteiger partial charge in [0.05, 0.1) is 11.7 Å². The molecule has 1 aromatic carbocycles. The number of nitrogens with zero attached hydrogens (tertiary/aromatic N) is 4. The Kier molecular flexibility index (Phi) is 4.95. The number of hydrogen-bond donors (Lipinski definition) is 0. The molecule has 0 atom stereocenters. The molecule has 5 heteroatoms. The van der Waals surface area contributed by atoms with Crippen molar-refractivity contribution in [2.75, 3.05) is 0 Å². The van der Waals surface area contributed by atoms with Crippen LogP contribution in [0.2, 0.25) is 0 Å². The molecule has 0 aliphatic carbocycles. The SMILES string of the molecule is CC(C)Oc1ccc(C=C(C#N)c2nnc3n2CCCCC3)cc1. The van der Waals surface area contributed by atoms with Gasteiger partial charge >= 0.3 is 0 Å². The Morgan fingerprint density at radius 3 is 2.71 bits per heavy atom. The van der Waals surface area contributed by atoms with Crippen molar-refractivity contribution in [1.82, 2.24) is 14.8 Å². The topological polar surface area (TPSA) is 63.7 Å². The van der Waals surface area contributed by atoms with Crippen LogP contribution in [0, 0.1) is 11.3 Å². The highest BCUT2D eigenvalue weighted by Crippen LogP contribution is 2.22. The number of aromatic nitrogens is 3. The van der Waals surface area contributed by atoms with E-state index in [2.05, 4.69) is 20.8 Å². The molecular formula is C19H22N4O. The highest BCUT2D eigenvalue weighted by molar-refractivity contribution is 5.87. The van der Waals surface area contributed by atoms with Gasteiger partial charge in [0.1, 0.15) is 17.6 Å². The summed E-state index contributed by atoms with van der Waals surface area (Å²) in [6, 6.07) is 10.0. The monoisotopic (exact) mass is 322 g/mol. The number of hydrogen-bond acceptors (Lipinski definition) is 4. The Balaban J connectivity index is 1.88. The van der Waals surface area contributed by atoms with Gasteiger partial charge < -0.3 is 9.30 Å². The van der Waals surface area contributed by atoms with Gasteiger partial charge in [-0.05, 0) is 50.5 Å². The molecule has 2 aromatic rings. The highest BCUT2D eigenvalue weighted by Gasteiger charge is 2.17. The molecule has 1 aromatic heterocycles. The summed E-state index contributed by atoms with van der Waals surface area (Å²) >= 11 is 0. The van der Waals surface area contributed by atoms with Gasteiger partial charge in [-0.1, -0.05) is 18.6 Å². The molecule has 2 heterocycles. The van der Waals surface area contributed by atoms with Gasteiger partial charge in [-0.3, -0.25) is 0 Å². The van der Waals surface area contributed by atoms with Gasteiger partial charge in [-0.15, -0.1) is 10.2 Å². The van der Waals surface area contributed by atoms with Crippen molar-refractivity contribution in [2.24, 2.45) is 0 Å². The fraction of sp³-hybridized carbons (Fsp3) is 0.421. The predicted octanol–water partition coefficient (Wildman–Crippen LogP) is 3.86. The molecule has 0 N–H and O–H groups in total.